The van der Waals surface area contributed by atoms with Gasteiger partial charge in [-0.3, -0.25) is 4.79 Å². The van der Waals surface area contributed by atoms with Gasteiger partial charge >= 0.3 is 5.97 Å². The van der Waals surface area contributed by atoms with E-state index in [-0.39, 0.29) is 13.5 Å². The maximum absolute atomic E-state index is 10.3. The van der Waals surface area contributed by atoms with Gasteiger partial charge in [-0.1, -0.05) is 32.6 Å². The van der Waals surface area contributed by atoms with E-state index in [2.05, 4.69) is 19.6 Å². The van der Waals surface area contributed by atoms with Gasteiger partial charge in [0.25, 0.3) is 0 Å². The van der Waals surface area contributed by atoms with Crippen molar-refractivity contribution in [3.63, 3.8) is 0 Å². The first kappa shape index (κ1) is 14.7. The molecule has 2 nitrogen and oxygen atoms in total. The lowest BCUT2D eigenvalue weighted by molar-refractivity contribution is -0.136. The van der Waals surface area contributed by atoms with Crippen molar-refractivity contribution in [2.24, 2.45) is 0 Å². The number of thiol groups is 1. The second-order valence-electron chi connectivity index (χ2n) is 2.70. The van der Waals surface area contributed by atoms with Crippen LogP contribution in [0.25, 0.3) is 0 Å². The Hall–Kier alpha value is 0.170. The number of aliphatic carboxylic acids is 1. The SMILES string of the molecule is CCCCCCC(S)C(=O)O.S. The Bertz CT molecular complexity index is 118. The molecule has 0 spiro atoms. The molecule has 0 fully saturated rings. The summed E-state index contributed by atoms with van der Waals surface area (Å²) in [5.41, 5.74) is 0. The van der Waals surface area contributed by atoms with Crippen molar-refractivity contribution in [2.75, 3.05) is 0 Å². The summed E-state index contributed by atoms with van der Waals surface area (Å²) < 4.78 is 0. The van der Waals surface area contributed by atoms with Gasteiger partial charge in [0.1, 0.15) is 0 Å². The Kier molecular flexibility index (Phi) is 11.3. The van der Waals surface area contributed by atoms with Gasteiger partial charge in [-0.25, -0.2) is 0 Å². The van der Waals surface area contributed by atoms with Crippen LogP contribution in [-0.4, -0.2) is 16.3 Å². The Morgan fingerprint density at radius 3 is 2.42 bits per heavy atom. The van der Waals surface area contributed by atoms with Gasteiger partial charge < -0.3 is 5.11 Å². The monoisotopic (exact) mass is 210 g/mol. The molecule has 74 valence electrons. The Labute approximate surface area is 86.6 Å². The van der Waals surface area contributed by atoms with Crippen molar-refractivity contribution in [1.82, 2.24) is 0 Å². The number of rotatable bonds is 6. The molecule has 0 aliphatic rings. The van der Waals surface area contributed by atoms with Gasteiger partial charge in [0.15, 0.2) is 0 Å². The fraction of sp³-hybridized carbons (Fsp3) is 0.875. The van der Waals surface area contributed by atoms with Crippen LogP contribution in [0, 0.1) is 0 Å². The summed E-state index contributed by atoms with van der Waals surface area (Å²) in [7, 11) is 0. The third kappa shape index (κ3) is 8.27. The third-order valence-corrected chi connectivity index (χ3v) is 2.10. The molecule has 0 aliphatic heterocycles. The van der Waals surface area contributed by atoms with Crippen LogP contribution in [0.15, 0.2) is 0 Å². The van der Waals surface area contributed by atoms with Crippen LogP contribution in [0.4, 0.5) is 0 Å². The summed E-state index contributed by atoms with van der Waals surface area (Å²) in [4.78, 5) is 10.3. The zero-order valence-electron chi connectivity index (χ0n) is 7.42. The maximum atomic E-state index is 10.3. The van der Waals surface area contributed by atoms with E-state index in [0.717, 1.165) is 12.8 Å². The number of carboxylic acid groups (broad SMARTS) is 1. The molecule has 0 saturated carbocycles. The lowest BCUT2D eigenvalue weighted by atomic mass is 10.1. The van der Waals surface area contributed by atoms with E-state index in [9.17, 15) is 4.79 Å². The minimum absolute atomic E-state index is 0. The van der Waals surface area contributed by atoms with Crippen molar-refractivity contribution in [2.45, 2.75) is 44.3 Å². The molecule has 0 aliphatic carbocycles. The number of hydrogen-bond donors (Lipinski definition) is 2. The van der Waals surface area contributed by atoms with E-state index in [1.54, 1.807) is 0 Å². The smallest absolute Gasteiger partial charge is 0.316 e. The molecule has 0 heterocycles. The highest BCUT2D eigenvalue weighted by atomic mass is 32.1. The topological polar surface area (TPSA) is 37.3 Å². The normalized spacial score (nSPS) is 11.8. The summed E-state index contributed by atoms with van der Waals surface area (Å²) in [6.07, 6.45) is 5.18. The summed E-state index contributed by atoms with van der Waals surface area (Å²) in [5, 5.41) is 8.00. The van der Waals surface area contributed by atoms with Crippen LogP contribution >= 0.6 is 26.1 Å². The van der Waals surface area contributed by atoms with Crippen molar-refractivity contribution < 1.29 is 9.90 Å². The fourth-order valence-corrected chi connectivity index (χ4v) is 1.07. The molecule has 1 unspecified atom stereocenters. The third-order valence-electron chi connectivity index (χ3n) is 1.62. The van der Waals surface area contributed by atoms with Crippen LogP contribution in [-0.2, 0) is 4.79 Å². The second-order valence-corrected chi connectivity index (χ2v) is 3.33. The molecule has 0 rings (SSSR count). The predicted octanol–water partition coefficient (Wildman–Crippen LogP) is 2.45. The van der Waals surface area contributed by atoms with E-state index >= 15 is 0 Å². The van der Waals surface area contributed by atoms with Crippen LogP contribution in [0.1, 0.15) is 39.0 Å². The first-order valence-corrected chi connectivity index (χ1v) is 4.61. The molecule has 4 heteroatoms. The molecule has 1 atom stereocenters. The number of carboxylic acids is 1. The molecule has 12 heavy (non-hydrogen) atoms. The summed E-state index contributed by atoms with van der Waals surface area (Å²) >= 11 is 3.93. The zero-order valence-corrected chi connectivity index (χ0v) is 9.31. The lowest BCUT2D eigenvalue weighted by Crippen LogP contribution is -2.12. The summed E-state index contributed by atoms with van der Waals surface area (Å²) in [5.74, 6) is -0.801. The van der Waals surface area contributed by atoms with E-state index in [1.807, 2.05) is 0 Å². The molecule has 0 aromatic carbocycles. The van der Waals surface area contributed by atoms with Crippen molar-refractivity contribution >= 4 is 32.1 Å². The van der Waals surface area contributed by atoms with Crippen LogP contribution in [0.3, 0.4) is 0 Å². The molecular formula is C8H18O2S2. The Morgan fingerprint density at radius 2 is 2.00 bits per heavy atom. The standard InChI is InChI=1S/C8H16O2S.H2S/c1-2-3-4-5-6-7(11)8(9)10;/h7,11H,2-6H2,1H3,(H,9,10);1H2. The predicted molar refractivity (Wildman–Crippen MR) is 59.5 cm³/mol. The zero-order chi connectivity index (χ0) is 8.69. The maximum Gasteiger partial charge on any atom is 0.316 e. The fourth-order valence-electron chi connectivity index (χ4n) is 0.888. The van der Waals surface area contributed by atoms with Gasteiger partial charge in [0.05, 0.1) is 5.25 Å². The number of hydrogen-bond acceptors (Lipinski definition) is 2. The highest BCUT2D eigenvalue weighted by molar-refractivity contribution is 7.81. The van der Waals surface area contributed by atoms with E-state index in [0.29, 0.717) is 6.42 Å². The van der Waals surface area contributed by atoms with Gasteiger partial charge in [0, 0.05) is 0 Å². The average Bonchev–Trinajstić information content (AvgIpc) is 1.97. The molecule has 0 saturated heterocycles. The van der Waals surface area contributed by atoms with Gasteiger partial charge in [0.2, 0.25) is 0 Å². The quantitative estimate of drug-likeness (QED) is 0.522. The summed E-state index contributed by atoms with van der Waals surface area (Å²) in [6, 6.07) is 0. The van der Waals surface area contributed by atoms with Gasteiger partial charge in [-0.15, -0.1) is 0 Å². The molecular weight excluding hydrogens is 192 g/mol. The van der Waals surface area contributed by atoms with E-state index in [4.69, 9.17) is 5.11 Å². The van der Waals surface area contributed by atoms with E-state index < -0.39 is 11.2 Å². The average molecular weight is 210 g/mol. The van der Waals surface area contributed by atoms with E-state index in [1.165, 1.54) is 12.8 Å². The Balaban J connectivity index is 0. The van der Waals surface area contributed by atoms with Gasteiger partial charge in [-0.2, -0.15) is 26.1 Å². The van der Waals surface area contributed by atoms with Crippen LogP contribution in [0.5, 0.6) is 0 Å². The van der Waals surface area contributed by atoms with Crippen LogP contribution in [0.2, 0.25) is 0 Å². The number of unbranched alkanes of at least 4 members (excludes halogenated alkanes) is 3. The molecule has 0 amide bonds. The first-order valence-electron chi connectivity index (χ1n) is 4.09. The Morgan fingerprint density at radius 1 is 1.42 bits per heavy atom. The number of carbonyl (C=O) groups is 1. The van der Waals surface area contributed by atoms with Gasteiger partial charge in [-0.05, 0) is 6.42 Å². The molecule has 0 aromatic heterocycles. The minimum atomic E-state index is -0.801. The second kappa shape index (κ2) is 9.26. The highest BCUT2D eigenvalue weighted by Crippen LogP contribution is 2.09. The van der Waals surface area contributed by atoms with Crippen molar-refractivity contribution in [3.8, 4) is 0 Å². The van der Waals surface area contributed by atoms with Crippen molar-refractivity contribution in [1.29, 1.82) is 0 Å². The first-order chi connectivity index (χ1) is 5.18. The molecule has 0 aromatic rings. The molecule has 0 bridgehead atoms. The lowest BCUT2D eigenvalue weighted by Gasteiger charge is -2.03. The van der Waals surface area contributed by atoms with Crippen LogP contribution < -0.4 is 0 Å². The highest BCUT2D eigenvalue weighted by Gasteiger charge is 2.09. The summed E-state index contributed by atoms with van der Waals surface area (Å²) in [6.45, 7) is 2.13. The molecule has 1 N–H and O–H groups in total. The molecule has 0 radical (unpaired) electrons. The minimum Gasteiger partial charge on any atom is -0.480 e. The largest absolute Gasteiger partial charge is 0.480 e. The van der Waals surface area contributed by atoms with Crippen molar-refractivity contribution in [3.05, 3.63) is 0 Å².